The number of thiazole rings is 1. The average Bonchev–Trinajstić information content (AvgIpc) is 3.90. The summed E-state index contributed by atoms with van der Waals surface area (Å²) in [7, 11) is 0. The second-order valence-corrected chi connectivity index (χ2v) is 15.8. The molecular formula is C50H34N2OS. The van der Waals surface area contributed by atoms with Gasteiger partial charge in [-0.25, -0.2) is 4.98 Å². The third kappa shape index (κ3) is 4.63. The molecule has 0 aliphatic heterocycles. The molecule has 2 aromatic heterocycles. The van der Waals surface area contributed by atoms with Gasteiger partial charge in [-0.3, -0.25) is 0 Å². The van der Waals surface area contributed by atoms with E-state index in [9.17, 15) is 0 Å². The van der Waals surface area contributed by atoms with E-state index in [-0.39, 0.29) is 5.41 Å². The van der Waals surface area contributed by atoms with Crippen molar-refractivity contribution in [2.45, 2.75) is 19.3 Å². The Labute approximate surface area is 317 Å². The number of aromatic nitrogens is 1. The number of para-hydroxylation sites is 1. The first-order valence-corrected chi connectivity index (χ1v) is 19.3. The maximum atomic E-state index is 7.06. The average molecular weight is 711 g/mol. The van der Waals surface area contributed by atoms with Crippen LogP contribution in [0, 0.1) is 0 Å². The summed E-state index contributed by atoms with van der Waals surface area (Å²) in [6.07, 6.45) is 0. The number of nitrogens with zero attached hydrogens (tertiary/aromatic N) is 2. The molecule has 8 aromatic carbocycles. The second-order valence-electron chi connectivity index (χ2n) is 14.7. The zero-order valence-corrected chi connectivity index (χ0v) is 30.7. The van der Waals surface area contributed by atoms with Crippen molar-refractivity contribution < 1.29 is 4.42 Å². The SMILES string of the molecule is CC1(C)c2ccccc2-c2ccc(N(c3ccc(-c4ccccc4)cc3)c3ccc(-c4nc5ccccc5s4)c4c3oc3ccc5ccccc5c34)cc21. The fraction of sp³-hybridized carbons (Fsp3) is 0.0600. The molecule has 1 aliphatic rings. The summed E-state index contributed by atoms with van der Waals surface area (Å²) in [5, 5.41) is 5.53. The normalized spacial score (nSPS) is 13.1. The van der Waals surface area contributed by atoms with Gasteiger partial charge in [-0.2, -0.15) is 0 Å². The Bertz CT molecular complexity index is 3050. The van der Waals surface area contributed by atoms with E-state index in [0.717, 1.165) is 55.1 Å². The van der Waals surface area contributed by atoms with Crippen LogP contribution in [0.15, 0.2) is 174 Å². The maximum Gasteiger partial charge on any atom is 0.160 e. The summed E-state index contributed by atoms with van der Waals surface area (Å²) in [4.78, 5) is 7.55. The van der Waals surface area contributed by atoms with Gasteiger partial charge in [-0.15, -0.1) is 11.3 Å². The van der Waals surface area contributed by atoms with Gasteiger partial charge in [0, 0.05) is 33.1 Å². The van der Waals surface area contributed by atoms with Crippen molar-refractivity contribution >= 4 is 71.3 Å². The molecule has 54 heavy (non-hydrogen) atoms. The van der Waals surface area contributed by atoms with Crippen LogP contribution in [0.4, 0.5) is 17.1 Å². The molecule has 0 atom stereocenters. The van der Waals surface area contributed by atoms with Gasteiger partial charge in [0.2, 0.25) is 0 Å². The number of rotatable bonds is 5. The van der Waals surface area contributed by atoms with Crippen molar-refractivity contribution in [3.63, 3.8) is 0 Å². The topological polar surface area (TPSA) is 29.3 Å². The molecule has 4 heteroatoms. The predicted octanol–water partition coefficient (Wildman–Crippen LogP) is 14.5. The highest BCUT2D eigenvalue weighted by Gasteiger charge is 2.36. The van der Waals surface area contributed by atoms with E-state index in [0.29, 0.717) is 0 Å². The third-order valence-electron chi connectivity index (χ3n) is 11.3. The molecule has 11 rings (SSSR count). The third-order valence-corrected chi connectivity index (χ3v) is 12.4. The van der Waals surface area contributed by atoms with Gasteiger partial charge in [0.15, 0.2) is 5.58 Å². The van der Waals surface area contributed by atoms with Crippen molar-refractivity contribution in [2.75, 3.05) is 4.90 Å². The Morgan fingerprint density at radius 3 is 2.13 bits per heavy atom. The standard InChI is InChI=1S/C50H34N2OS/c1-50(2)40-17-9-8-16-37(40)38-26-25-35(30-41(38)50)52(34-23-20-32(21-24-34)31-12-4-3-5-13-31)43-28-27-39(49-51-42-18-10-11-19-45(42)54-49)47-46-36-15-7-6-14-33(36)22-29-44(46)53-48(43)47/h3-30H,1-2H3. The van der Waals surface area contributed by atoms with Crippen LogP contribution in [0.25, 0.3) is 75.8 Å². The summed E-state index contributed by atoms with van der Waals surface area (Å²) in [5.41, 5.74) is 14.4. The van der Waals surface area contributed by atoms with Crippen molar-refractivity contribution in [3.8, 4) is 32.8 Å². The van der Waals surface area contributed by atoms with E-state index in [1.165, 1.54) is 48.9 Å². The molecule has 0 spiro atoms. The van der Waals surface area contributed by atoms with E-state index < -0.39 is 0 Å². The zero-order chi connectivity index (χ0) is 36.0. The monoisotopic (exact) mass is 710 g/mol. The summed E-state index contributed by atoms with van der Waals surface area (Å²) in [5.74, 6) is 0. The van der Waals surface area contributed by atoms with Gasteiger partial charge in [0.1, 0.15) is 10.6 Å². The van der Waals surface area contributed by atoms with Crippen molar-refractivity contribution in [3.05, 3.63) is 181 Å². The van der Waals surface area contributed by atoms with Gasteiger partial charge in [0.05, 0.1) is 15.9 Å². The Morgan fingerprint density at radius 2 is 1.26 bits per heavy atom. The Balaban J connectivity index is 1.19. The van der Waals surface area contributed by atoms with Crippen molar-refractivity contribution in [2.24, 2.45) is 0 Å². The molecule has 10 aromatic rings. The number of anilines is 3. The van der Waals surface area contributed by atoms with E-state index in [1.807, 2.05) is 0 Å². The van der Waals surface area contributed by atoms with Crippen LogP contribution < -0.4 is 4.90 Å². The van der Waals surface area contributed by atoms with E-state index in [1.54, 1.807) is 11.3 Å². The van der Waals surface area contributed by atoms with Crippen molar-refractivity contribution in [1.29, 1.82) is 0 Å². The minimum Gasteiger partial charge on any atom is -0.454 e. The molecule has 0 N–H and O–H groups in total. The lowest BCUT2D eigenvalue weighted by Crippen LogP contribution is -2.16. The van der Waals surface area contributed by atoms with Crippen LogP contribution in [-0.2, 0) is 5.41 Å². The number of hydrogen-bond acceptors (Lipinski definition) is 4. The molecule has 256 valence electrons. The molecule has 0 saturated heterocycles. The molecule has 0 radical (unpaired) electrons. The molecule has 0 unspecified atom stereocenters. The minimum atomic E-state index is -0.144. The Kier molecular flexibility index (Phi) is 6.77. The van der Waals surface area contributed by atoms with Gasteiger partial charge < -0.3 is 9.32 Å². The number of benzene rings is 8. The number of fused-ring (bicyclic) bond motifs is 9. The predicted molar refractivity (Wildman–Crippen MR) is 228 cm³/mol. The highest BCUT2D eigenvalue weighted by molar-refractivity contribution is 7.21. The summed E-state index contributed by atoms with van der Waals surface area (Å²) in [6.45, 7) is 4.69. The summed E-state index contributed by atoms with van der Waals surface area (Å²) < 4.78 is 8.23. The number of furan rings is 1. The second kappa shape index (κ2) is 11.8. The highest BCUT2D eigenvalue weighted by atomic mass is 32.1. The van der Waals surface area contributed by atoms with Crippen LogP contribution in [-0.4, -0.2) is 4.98 Å². The minimum absolute atomic E-state index is 0.144. The highest BCUT2D eigenvalue weighted by Crippen LogP contribution is 2.52. The maximum absolute atomic E-state index is 7.06. The molecule has 0 bridgehead atoms. The first-order chi connectivity index (χ1) is 26.5. The fourth-order valence-electron chi connectivity index (χ4n) is 8.66. The molecule has 0 fully saturated rings. The van der Waals surface area contributed by atoms with Gasteiger partial charge in [-0.1, -0.05) is 129 Å². The lowest BCUT2D eigenvalue weighted by molar-refractivity contribution is 0.660. The van der Waals surface area contributed by atoms with Crippen LogP contribution in [0.3, 0.4) is 0 Å². The first kappa shape index (κ1) is 31.1. The van der Waals surface area contributed by atoms with Crippen LogP contribution in [0.1, 0.15) is 25.0 Å². The van der Waals surface area contributed by atoms with Crippen LogP contribution in [0.2, 0.25) is 0 Å². The summed E-state index contributed by atoms with van der Waals surface area (Å²) >= 11 is 1.73. The lowest BCUT2D eigenvalue weighted by Gasteiger charge is -2.28. The van der Waals surface area contributed by atoms with Crippen LogP contribution >= 0.6 is 11.3 Å². The first-order valence-electron chi connectivity index (χ1n) is 18.5. The fourth-order valence-corrected chi connectivity index (χ4v) is 9.66. The number of hydrogen-bond donors (Lipinski definition) is 0. The smallest absolute Gasteiger partial charge is 0.160 e. The van der Waals surface area contributed by atoms with E-state index in [2.05, 4.69) is 189 Å². The van der Waals surface area contributed by atoms with Gasteiger partial charge in [0.25, 0.3) is 0 Å². The molecule has 2 heterocycles. The zero-order valence-electron chi connectivity index (χ0n) is 29.9. The Morgan fingerprint density at radius 1 is 0.556 bits per heavy atom. The van der Waals surface area contributed by atoms with E-state index in [4.69, 9.17) is 9.40 Å². The molecule has 0 amide bonds. The molecule has 1 aliphatic carbocycles. The molecule has 3 nitrogen and oxygen atoms in total. The molecule has 0 saturated carbocycles. The van der Waals surface area contributed by atoms with E-state index >= 15 is 0 Å². The summed E-state index contributed by atoms with van der Waals surface area (Å²) in [6, 6.07) is 61.1. The van der Waals surface area contributed by atoms with Crippen LogP contribution in [0.5, 0.6) is 0 Å². The molecular weight excluding hydrogens is 677 g/mol. The van der Waals surface area contributed by atoms with Gasteiger partial charge in [-0.05, 0) is 98.8 Å². The lowest BCUT2D eigenvalue weighted by atomic mass is 9.82. The van der Waals surface area contributed by atoms with Crippen molar-refractivity contribution in [1.82, 2.24) is 4.98 Å². The Hall–Kier alpha value is -6.49. The quantitative estimate of drug-likeness (QED) is 0.178. The largest absolute Gasteiger partial charge is 0.454 e. The van der Waals surface area contributed by atoms with Gasteiger partial charge >= 0.3 is 0 Å².